The summed E-state index contributed by atoms with van der Waals surface area (Å²) in [5.74, 6) is -0.0800. The minimum atomic E-state index is -0.935. The van der Waals surface area contributed by atoms with E-state index in [-0.39, 0.29) is 18.2 Å². The highest BCUT2D eigenvalue weighted by molar-refractivity contribution is 5.51. The molecule has 2 aromatic rings. The summed E-state index contributed by atoms with van der Waals surface area (Å²) in [5, 5.41) is 11.2. The van der Waals surface area contributed by atoms with Crippen molar-refractivity contribution in [3.05, 3.63) is 60.3 Å². The number of aromatic nitrogens is 2. The van der Waals surface area contributed by atoms with Gasteiger partial charge in [-0.2, -0.15) is 0 Å². The number of benzene rings is 1. The Bertz CT molecular complexity index is 977. The normalized spacial score (nSPS) is 13.7. The van der Waals surface area contributed by atoms with Crippen LogP contribution in [-0.4, -0.2) is 27.4 Å². The van der Waals surface area contributed by atoms with Crippen molar-refractivity contribution in [1.82, 2.24) is 9.13 Å². The largest absolute Gasteiger partial charge is 0.454 e. The van der Waals surface area contributed by atoms with Crippen molar-refractivity contribution in [2.45, 2.75) is 5.92 Å². The van der Waals surface area contributed by atoms with Crippen LogP contribution in [0.4, 0.5) is 5.82 Å². The number of nitrogens with zero attached hydrogens (tertiary/aromatic N) is 3. The molecular weight excluding hydrogens is 332 g/mol. The first-order chi connectivity index (χ1) is 11.8. The number of anilines is 1. The maximum atomic E-state index is 12.6. The van der Waals surface area contributed by atoms with E-state index < -0.39 is 28.6 Å². The van der Waals surface area contributed by atoms with Crippen LogP contribution in [0.5, 0.6) is 11.5 Å². The fourth-order valence-corrected chi connectivity index (χ4v) is 2.86. The Morgan fingerprint density at radius 3 is 2.60 bits per heavy atom. The van der Waals surface area contributed by atoms with E-state index in [0.717, 1.165) is 9.13 Å². The maximum Gasteiger partial charge on any atom is 0.332 e. The molecule has 3 rings (SSSR count). The van der Waals surface area contributed by atoms with Gasteiger partial charge in [-0.15, -0.1) is 0 Å². The minimum Gasteiger partial charge on any atom is -0.454 e. The highest BCUT2D eigenvalue weighted by atomic mass is 16.7. The van der Waals surface area contributed by atoms with Gasteiger partial charge in [0.05, 0.1) is 11.5 Å². The first kappa shape index (κ1) is 16.6. The number of rotatable bonds is 4. The molecule has 0 saturated heterocycles. The van der Waals surface area contributed by atoms with Gasteiger partial charge in [0, 0.05) is 19.0 Å². The molecule has 132 valence electrons. The lowest BCUT2D eigenvalue weighted by Crippen LogP contribution is -2.42. The van der Waals surface area contributed by atoms with Crippen LogP contribution in [0.1, 0.15) is 17.0 Å². The molecule has 1 atom stereocenters. The molecule has 25 heavy (non-hydrogen) atoms. The smallest absolute Gasteiger partial charge is 0.332 e. The van der Waals surface area contributed by atoms with E-state index in [4.69, 9.17) is 15.2 Å². The average Bonchev–Trinajstić information content (AvgIpc) is 3.04. The molecule has 1 aromatic carbocycles. The summed E-state index contributed by atoms with van der Waals surface area (Å²) in [6.45, 7) is -0.500. The standard InChI is InChI=1S/C15H16N4O6/c1-17-13(16)12(14(20)18(2)15(17)21)9(6-19(22)23)8-3-4-10-11(5-8)25-7-24-10/h3-5,9H,6-7,16H2,1-2H3. The number of nitrogen functional groups attached to an aromatic ring is 1. The van der Waals surface area contributed by atoms with E-state index >= 15 is 0 Å². The van der Waals surface area contributed by atoms with E-state index in [0.29, 0.717) is 17.1 Å². The van der Waals surface area contributed by atoms with Crippen LogP contribution >= 0.6 is 0 Å². The second-order valence-electron chi connectivity index (χ2n) is 5.69. The van der Waals surface area contributed by atoms with Crippen molar-refractivity contribution in [2.75, 3.05) is 19.1 Å². The zero-order valence-corrected chi connectivity index (χ0v) is 13.6. The highest BCUT2D eigenvalue weighted by Crippen LogP contribution is 2.36. The highest BCUT2D eigenvalue weighted by Gasteiger charge is 2.29. The molecule has 1 aromatic heterocycles. The van der Waals surface area contributed by atoms with E-state index in [1.807, 2.05) is 0 Å². The Kier molecular flexibility index (Phi) is 3.95. The van der Waals surface area contributed by atoms with Gasteiger partial charge in [-0.25, -0.2) is 4.79 Å². The number of hydrogen-bond acceptors (Lipinski definition) is 7. The predicted octanol–water partition coefficient (Wildman–Crippen LogP) is -0.196. The molecule has 0 radical (unpaired) electrons. The summed E-state index contributed by atoms with van der Waals surface area (Å²) in [5.41, 5.74) is 5.16. The van der Waals surface area contributed by atoms with Gasteiger partial charge in [0.1, 0.15) is 5.82 Å². The summed E-state index contributed by atoms with van der Waals surface area (Å²) in [6.07, 6.45) is 0. The monoisotopic (exact) mass is 348 g/mol. The summed E-state index contributed by atoms with van der Waals surface area (Å²) in [4.78, 5) is 35.2. The molecule has 0 aliphatic carbocycles. The van der Waals surface area contributed by atoms with Crippen LogP contribution in [0.25, 0.3) is 0 Å². The molecule has 10 nitrogen and oxygen atoms in total. The molecular formula is C15H16N4O6. The molecule has 0 fully saturated rings. The van der Waals surface area contributed by atoms with Crippen molar-refractivity contribution < 1.29 is 14.4 Å². The first-order valence-electron chi connectivity index (χ1n) is 7.38. The zero-order chi connectivity index (χ0) is 18.3. The Morgan fingerprint density at radius 1 is 1.24 bits per heavy atom. The predicted molar refractivity (Wildman–Crippen MR) is 87.6 cm³/mol. The molecule has 0 amide bonds. The molecule has 0 saturated carbocycles. The number of fused-ring (bicyclic) bond motifs is 1. The van der Waals surface area contributed by atoms with E-state index in [2.05, 4.69) is 0 Å². The van der Waals surface area contributed by atoms with Gasteiger partial charge in [0.2, 0.25) is 13.3 Å². The van der Waals surface area contributed by atoms with Gasteiger partial charge < -0.3 is 15.2 Å². The second-order valence-corrected chi connectivity index (χ2v) is 5.69. The van der Waals surface area contributed by atoms with Crippen LogP contribution in [0.2, 0.25) is 0 Å². The topological polar surface area (TPSA) is 132 Å². The lowest BCUT2D eigenvalue weighted by molar-refractivity contribution is -0.481. The summed E-state index contributed by atoms with van der Waals surface area (Å²) >= 11 is 0. The van der Waals surface area contributed by atoms with Gasteiger partial charge >= 0.3 is 5.69 Å². The minimum absolute atomic E-state index is 0.000153. The first-order valence-corrected chi connectivity index (χ1v) is 7.38. The van der Waals surface area contributed by atoms with Crippen LogP contribution in [0.15, 0.2) is 27.8 Å². The second kappa shape index (κ2) is 5.96. The fraction of sp³-hybridized carbons (Fsp3) is 0.333. The molecule has 1 aliphatic heterocycles. The lowest BCUT2D eigenvalue weighted by Gasteiger charge is -2.18. The van der Waals surface area contributed by atoms with Crippen LogP contribution in [-0.2, 0) is 14.1 Å². The molecule has 2 heterocycles. The molecule has 1 unspecified atom stereocenters. The van der Waals surface area contributed by atoms with Crippen molar-refractivity contribution in [2.24, 2.45) is 14.1 Å². The third-order valence-electron chi connectivity index (χ3n) is 4.23. The SMILES string of the molecule is Cn1c(N)c(C(C[N+](=O)[O-])c2ccc3c(c2)OCO3)c(=O)n(C)c1=O. The third-order valence-corrected chi connectivity index (χ3v) is 4.23. The number of hydrogen-bond donors (Lipinski definition) is 1. The molecule has 10 heteroatoms. The maximum absolute atomic E-state index is 12.6. The van der Waals surface area contributed by atoms with E-state index in [1.54, 1.807) is 18.2 Å². The van der Waals surface area contributed by atoms with E-state index in [1.165, 1.54) is 14.1 Å². The van der Waals surface area contributed by atoms with E-state index in [9.17, 15) is 19.7 Å². The van der Waals surface area contributed by atoms with Crippen LogP contribution < -0.4 is 26.5 Å². The summed E-state index contributed by atoms with van der Waals surface area (Å²) in [7, 11) is 2.71. The number of ether oxygens (including phenoxy) is 2. The van der Waals surface area contributed by atoms with Gasteiger partial charge in [-0.3, -0.25) is 24.0 Å². The van der Waals surface area contributed by atoms with Gasteiger partial charge in [0.15, 0.2) is 11.5 Å². The van der Waals surface area contributed by atoms with Crippen LogP contribution in [0, 0.1) is 10.1 Å². The van der Waals surface area contributed by atoms with Crippen molar-refractivity contribution in [1.29, 1.82) is 0 Å². The van der Waals surface area contributed by atoms with Gasteiger partial charge in [-0.05, 0) is 17.7 Å². The Balaban J connectivity index is 2.23. The van der Waals surface area contributed by atoms with Gasteiger partial charge in [0.25, 0.3) is 5.56 Å². The molecule has 2 N–H and O–H groups in total. The van der Waals surface area contributed by atoms with Crippen molar-refractivity contribution in [3.63, 3.8) is 0 Å². The number of nitro groups is 1. The molecule has 1 aliphatic rings. The quantitative estimate of drug-likeness (QED) is 0.598. The molecule has 0 spiro atoms. The molecule has 0 bridgehead atoms. The van der Waals surface area contributed by atoms with Crippen molar-refractivity contribution >= 4 is 5.82 Å². The van der Waals surface area contributed by atoms with Crippen LogP contribution in [0.3, 0.4) is 0 Å². The number of nitrogens with two attached hydrogens (primary N) is 1. The summed E-state index contributed by atoms with van der Waals surface area (Å²) in [6, 6.07) is 4.82. The Labute approximate surface area is 141 Å². The fourth-order valence-electron chi connectivity index (χ4n) is 2.86. The Hall–Kier alpha value is -3.30. The summed E-state index contributed by atoms with van der Waals surface area (Å²) < 4.78 is 12.5. The van der Waals surface area contributed by atoms with Crippen molar-refractivity contribution in [3.8, 4) is 11.5 Å². The average molecular weight is 348 g/mol. The lowest BCUT2D eigenvalue weighted by atomic mass is 9.91. The Morgan fingerprint density at radius 2 is 1.92 bits per heavy atom. The third kappa shape index (κ3) is 2.71. The van der Waals surface area contributed by atoms with Gasteiger partial charge in [-0.1, -0.05) is 6.07 Å². The zero-order valence-electron chi connectivity index (χ0n) is 13.6.